The number of benzene rings is 1. The molecule has 2 aromatic heterocycles. The third-order valence-corrected chi connectivity index (χ3v) is 7.59. The van der Waals surface area contributed by atoms with Crippen LogP contribution in [0.15, 0.2) is 41.4 Å². The fraction of sp³-hybridized carbons (Fsp3) is 0.429. The van der Waals surface area contributed by atoms with Crippen LogP contribution < -0.4 is 0 Å². The van der Waals surface area contributed by atoms with Crippen LogP contribution >= 0.6 is 0 Å². The van der Waals surface area contributed by atoms with Gasteiger partial charge in [0.1, 0.15) is 11.3 Å². The van der Waals surface area contributed by atoms with Crippen molar-refractivity contribution < 1.29 is 8.42 Å². The minimum Gasteiger partial charge on any atom is -0.313 e. The van der Waals surface area contributed by atoms with Gasteiger partial charge in [0.2, 0.25) is 10.0 Å². The Morgan fingerprint density at radius 1 is 1.18 bits per heavy atom. The van der Waals surface area contributed by atoms with E-state index in [-0.39, 0.29) is 5.92 Å². The quantitative estimate of drug-likeness (QED) is 0.675. The fourth-order valence-electron chi connectivity index (χ4n) is 4.17. The monoisotopic (exact) mass is 398 g/mol. The normalized spacial score (nSPS) is 18.6. The van der Waals surface area contributed by atoms with E-state index in [0.29, 0.717) is 18.0 Å². The Hall–Kier alpha value is -2.25. The van der Waals surface area contributed by atoms with Gasteiger partial charge in [-0.3, -0.25) is 0 Å². The van der Waals surface area contributed by atoms with Crippen molar-refractivity contribution in [1.82, 2.24) is 18.8 Å². The van der Waals surface area contributed by atoms with E-state index in [1.165, 1.54) is 0 Å². The average molecular weight is 399 g/mol. The largest absolute Gasteiger partial charge is 0.313 e. The van der Waals surface area contributed by atoms with Gasteiger partial charge in [-0.15, -0.1) is 0 Å². The highest BCUT2D eigenvalue weighted by molar-refractivity contribution is 7.89. The van der Waals surface area contributed by atoms with Crippen LogP contribution in [0.2, 0.25) is 0 Å². The second-order valence-corrected chi connectivity index (χ2v) is 9.66. The highest BCUT2D eigenvalue weighted by Crippen LogP contribution is 2.28. The molecule has 1 saturated heterocycles. The van der Waals surface area contributed by atoms with Crippen LogP contribution in [0, 0.1) is 26.7 Å². The molecule has 1 aliphatic rings. The van der Waals surface area contributed by atoms with E-state index >= 15 is 0 Å². The molecule has 4 rings (SSSR count). The molecule has 1 fully saturated rings. The van der Waals surface area contributed by atoms with E-state index in [9.17, 15) is 8.42 Å². The molecule has 0 aliphatic carbocycles. The van der Waals surface area contributed by atoms with E-state index < -0.39 is 10.0 Å². The van der Waals surface area contributed by atoms with Gasteiger partial charge in [-0.1, -0.05) is 17.7 Å². The van der Waals surface area contributed by atoms with Gasteiger partial charge in [0, 0.05) is 25.8 Å². The van der Waals surface area contributed by atoms with E-state index in [2.05, 4.69) is 14.5 Å². The number of sulfonamides is 1. The zero-order valence-corrected chi connectivity index (χ0v) is 17.4. The Labute approximate surface area is 166 Å². The van der Waals surface area contributed by atoms with Crippen molar-refractivity contribution in [2.75, 3.05) is 13.1 Å². The molecule has 7 heteroatoms. The molecule has 6 nitrogen and oxygen atoms in total. The molecule has 0 bridgehead atoms. The Bertz CT molecular complexity index is 1120. The van der Waals surface area contributed by atoms with Gasteiger partial charge >= 0.3 is 0 Å². The summed E-state index contributed by atoms with van der Waals surface area (Å²) in [4.78, 5) is 9.47. The van der Waals surface area contributed by atoms with Gasteiger partial charge in [-0.2, -0.15) is 4.31 Å². The molecule has 28 heavy (non-hydrogen) atoms. The highest BCUT2D eigenvalue weighted by Gasteiger charge is 2.31. The Kier molecular flexibility index (Phi) is 4.97. The molecule has 0 amide bonds. The summed E-state index contributed by atoms with van der Waals surface area (Å²) >= 11 is 0. The van der Waals surface area contributed by atoms with Crippen molar-refractivity contribution in [3.05, 3.63) is 53.5 Å². The van der Waals surface area contributed by atoms with Gasteiger partial charge in [0.15, 0.2) is 5.65 Å². The number of piperidine rings is 1. The number of fused-ring (bicyclic) bond motifs is 1. The number of hydrogen-bond donors (Lipinski definition) is 0. The molecule has 1 aliphatic heterocycles. The molecule has 1 atom stereocenters. The standard InChI is InChI=1S/C21H26N4O2S/c1-15-8-9-20(16(2)12-15)28(26,27)24-11-5-6-18(13-24)14-25-17(3)23-19-7-4-10-22-21(19)25/h4,7-10,12,18H,5-6,11,13-14H2,1-3H3. The van der Waals surface area contributed by atoms with E-state index in [4.69, 9.17) is 0 Å². The highest BCUT2D eigenvalue weighted by atomic mass is 32.2. The van der Waals surface area contributed by atoms with Crippen LogP contribution in [0.3, 0.4) is 0 Å². The zero-order valence-electron chi connectivity index (χ0n) is 16.6. The van der Waals surface area contributed by atoms with Gasteiger partial charge in [0.05, 0.1) is 4.90 Å². The summed E-state index contributed by atoms with van der Waals surface area (Å²) < 4.78 is 30.3. The summed E-state index contributed by atoms with van der Waals surface area (Å²) in [5.41, 5.74) is 3.63. The molecule has 3 heterocycles. The van der Waals surface area contributed by atoms with Crippen molar-refractivity contribution >= 4 is 21.2 Å². The van der Waals surface area contributed by atoms with E-state index in [0.717, 1.165) is 47.5 Å². The first-order chi connectivity index (χ1) is 13.4. The molecular weight excluding hydrogens is 372 g/mol. The summed E-state index contributed by atoms with van der Waals surface area (Å²) in [6.07, 6.45) is 3.65. The van der Waals surface area contributed by atoms with Crippen LogP contribution in [0.1, 0.15) is 29.8 Å². The Morgan fingerprint density at radius 3 is 2.79 bits per heavy atom. The number of aryl methyl sites for hydroxylation is 3. The second-order valence-electron chi connectivity index (χ2n) is 7.76. The SMILES string of the molecule is Cc1ccc(S(=O)(=O)N2CCCC(Cn3c(C)nc4cccnc43)C2)c(C)c1. The average Bonchev–Trinajstić information content (AvgIpc) is 2.97. The summed E-state index contributed by atoms with van der Waals surface area (Å²) in [5, 5.41) is 0. The predicted octanol–water partition coefficient (Wildman–Crippen LogP) is 3.46. The lowest BCUT2D eigenvalue weighted by molar-refractivity contribution is 0.245. The fourth-order valence-corrected chi connectivity index (χ4v) is 5.93. The van der Waals surface area contributed by atoms with Crippen LogP contribution in [-0.2, 0) is 16.6 Å². The molecule has 0 saturated carbocycles. The number of rotatable bonds is 4. The van der Waals surface area contributed by atoms with Crippen LogP contribution in [0.5, 0.6) is 0 Å². The number of hydrogen-bond acceptors (Lipinski definition) is 4. The maximum atomic E-state index is 13.2. The van der Waals surface area contributed by atoms with Gasteiger partial charge in [0.25, 0.3) is 0 Å². The zero-order chi connectivity index (χ0) is 19.9. The van der Waals surface area contributed by atoms with Gasteiger partial charge in [-0.25, -0.2) is 18.4 Å². The molecule has 0 N–H and O–H groups in total. The summed E-state index contributed by atoms with van der Waals surface area (Å²) in [6, 6.07) is 9.39. The smallest absolute Gasteiger partial charge is 0.243 e. The van der Waals surface area contributed by atoms with Crippen LogP contribution in [0.25, 0.3) is 11.2 Å². The molecule has 148 valence electrons. The topological polar surface area (TPSA) is 68.1 Å². The van der Waals surface area contributed by atoms with Crippen LogP contribution in [0.4, 0.5) is 0 Å². The molecule has 3 aromatic rings. The first-order valence-corrected chi connectivity index (χ1v) is 11.2. The molecule has 1 aromatic carbocycles. The molecule has 1 unspecified atom stereocenters. The van der Waals surface area contributed by atoms with Crippen molar-refractivity contribution in [3.63, 3.8) is 0 Å². The lowest BCUT2D eigenvalue weighted by Crippen LogP contribution is -2.41. The third-order valence-electron chi connectivity index (χ3n) is 5.57. The number of nitrogens with zero attached hydrogens (tertiary/aromatic N) is 4. The summed E-state index contributed by atoms with van der Waals surface area (Å²) in [6.45, 7) is 7.67. The van der Waals surface area contributed by atoms with Crippen molar-refractivity contribution in [2.45, 2.75) is 45.1 Å². The third kappa shape index (κ3) is 3.44. The van der Waals surface area contributed by atoms with Crippen molar-refractivity contribution in [1.29, 1.82) is 0 Å². The van der Waals surface area contributed by atoms with Gasteiger partial charge in [-0.05, 0) is 63.3 Å². The van der Waals surface area contributed by atoms with Gasteiger partial charge < -0.3 is 4.57 Å². The predicted molar refractivity (Wildman–Crippen MR) is 110 cm³/mol. The summed E-state index contributed by atoms with van der Waals surface area (Å²) in [7, 11) is -3.48. The molecule has 0 spiro atoms. The number of imidazole rings is 1. The molecule has 0 radical (unpaired) electrons. The first kappa shape index (κ1) is 19.1. The maximum Gasteiger partial charge on any atom is 0.243 e. The summed E-state index contributed by atoms with van der Waals surface area (Å²) in [5.74, 6) is 1.16. The second kappa shape index (κ2) is 7.29. The minimum atomic E-state index is -3.48. The number of pyridine rings is 1. The Morgan fingerprint density at radius 2 is 2.00 bits per heavy atom. The first-order valence-electron chi connectivity index (χ1n) is 9.71. The molecular formula is C21H26N4O2S. The maximum absolute atomic E-state index is 13.2. The van der Waals surface area contributed by atoms with E-state index in [1.807, 2.05) is 45.0 Å². The van der Waals surface area contributed by atoms with Crippen LogP contribution in [-0.4, -0.2) is 40.3 Å². The number of aromatic nitrogens is 3. The minimum absolute atomic E-state index is 0.243. The lowest BCUT2D eigenvalue weighted by Gasteiger charge is -2.32. The van der Waals surface area contributed by atoms with E-state index in [1.54, 1.807) is 16.6 Å². The Balaban J connectivity index is 1.58. The lowest BCUT2D eigenvalue weighted by atomic mass is 9.99. The van der Waals surface area contributed by atoms with Crippen molar-refractivity contribution in [2.24, 2.45) is 5.92 Å². The van der Waals surface area contributed by atoms with Crippen molar-refractivity contribution in [3.8, 4) is 0 Å².